The maximum atomic E-state index is 15.0. The fraction of sp³-hybridized carbons (Fsp3) is 0.721. The van der Waals surface area contributed by atoms with Crippen LogP contribution in [-0.2, 0) is 35.6 Å². The zero-order chi connectivity index (χ0) is 43.8. The molecule has 3 N–H and O–H groups in total. The number of methoxy groups -OCH3 is 1. The molecule has 2 aromatic rings. The molecule has 2 aliphatic heterocycles. The molecule has 8 rings (SSSR count). The third kappa shape index (κ3) is 8.45. The summed E-state index contributed by atoms with van der Waals surface area (Å²) in [6.45, 7) is 8.38. The summed E-state index contributed by atoms with van der Waals surface area (Å²) in [7, 11) is -2.64. The van der Waals surface area contributed by atoms with Crippen molar-refractivity contribution in [2.24, 2.45) is 35.0 Å². The molecule has 0 spiro atoms. The van der Waals surface area contributed by atoms with Crippen LogP contribution in [0.1, 0.15) is 105 Å². The lowest BCUT2D eigenvalue weighted by molar-refractivity contribution is -0.143. The summed E-state index contributed by atoms with van der Waals surface area (Å²) in [4.78, 5) is 68.4. The molecule has 1 aromatic heterocycles. The maximum Gasteiger partial charge on any atom is 0.408 e. The van der Waals surface area contributed by atoms with Crippen LogP contribution in [-0.4, -0.2) is 102 Å². The summed E-state index contributed by atoms with van der Waals surface area (Å²) in [5.74, 6) is -2.40. The van der Waals surface area contributed by atoms with Gasteiger partial charge in [0.15, 0.2) is 0 Å². The van der Waals surface area contributed by atoms with E-state index in [1.165, 1.54) is 11.8 Å². The Balaban J connectivity index is 1.15. The molecule has 3 heterocycles. The van der Waals surface area contributed by atoms with E-state index in [0.717, 1.165) is 38.5 Å². The van der Waals surface area contributed by atoms with E-state index in [-0.39, 0.29) is 30.9 Å². The Hall–Kier alpha value is -4.35. The smallest absolute Gasteiger partial charge is 0.408 e. The number of fused-ring (bicyclic) bond motifs is 7. The van der Waals surface area contributed by atoms with Crippen LogP contribution in [0.3, 0.4) is 0 Å². The second-order valence-electron chi connectivity index (χ2n) is 19.7. The largest absolute Gasteiger partial charge is 0.497 e. The van der Waals surface area contributed by atoms with Crippen LogP contribution in [0.2, 0.25) is 0 Å². The Morgan fingerprint density at radius 1 is 1.05 bits per heavy atom. The molecule has 1 unspecified atom stereocenters. The molecule has 1 saturated heterocycles. The van der Waals surface area contributed by atoms with Crippen LogP contribution in [0.25, 0.3) is 11.0 Å². The number of alkyl halides is 2. The van der Waals surface area contributed by atoms with Crippen molar-refractivity contribution in [1.29, 1.82) is 0 Å². The molecular formula is C43H58F2N6O9S. The number of rotatable bonds is 8. The van der Waals surface area contributed by atoms with Gasteiger partial charge in [-0.2, -0.15) is 0 Å². The van der Waals surface area contributed by atoms with Gasteiger partial charge in [0.25, 0.3) is 5.91 Å². The molecule has 61 heavy (non-hydrogen) atoms. The zero-order valence-electron chi connectivity index (χ0n) is 35.7. The van der Waals surface area contributed by atoms with Crippen LogP contribution >= 0.6 is 0 Å². The number of hydrogen-bond donors (Lipinski definition) is 3. The lowest BCUT2D eigenvalue weighted by Gasteiger charge is -2.36. The average Bonchev–Trinajstić information content (AvgIpc) is 4.14. The highest BCUT2D eigenvalue weighted by Crippen LogP contribution is 2.58. The number of benzene rings is 1. The SMILES string of the molecule is COc1ccc2nc3c(nc2c1)O[C@H]1CN(C(=O)[C@H](C(C)(C)C)NC(=O)O[C@@H]2CC4C[C@@H]4[C@H]2CCCCC3)[C@H](C(=O)N[C@]2(C(=O)NS(=O)(=O)C3(C)CC3)C[C@H]2CC(F)F)[C@@H]1C. The number of sulfonamides is 1. The third-order valence-electron chi connectivity index (χ3n) is 14.3. The number of halogens is 2. The van der Waals surface area contributed by atoms with Gasteiger partial charge in [-0.15, -0.1) is 0 Å². The van der Waals surface area contributed by atoms with Gasteiger partial charge in [-0.3, -0.25) is 19.1 Å². The molecule has 10 atom stereocenters. The van der Waals surface area contributed by atoms with Crippen LogP contribution < -0.4 is 24.8 Å². The first-order valence-electron chi connectivity index (χ1n) is 21.7. The first-order chi connectivity index (χ1) is 28.7. The average molecular weight is 873 g/mol. The van der Waals surface area contributed by atoms with Gasteiger partial charge in [0.1, 0.15) is 41.3 Å². The van der Waals surface area contributed by atoms with E-state index in [1.54, 1.807) is 46.9 Å². The van der Waals surface area contributed by atoms with E-state index in [9.17, 15) is 36.4 Å². The number of hydrogen-bond acceptors (Lipinski definition) is 11. The highest BCUT2D eigenvalue weighted by molar-refractivity contribution is 7.91. The number of alkyl carbamates (subject to hydrolysis) is 1. The number of carbonyl (C=O) groups is 4. The van der Waals surface area contributed by atoms with Crippen molar-refractivity contribution in [3.63, 3.8) is 0 Å². The second-order valence-corrected chi connectivity index (χ2v) is 21.9. The van der Waals surface area contributed by atoms with Gasteiger partial charge >= 0.3 is 6.09 Å². The summed E-state index contributed by atoms with van der Waals surface area (Å²) in [5, 5.41) is 5.51. The van der Waals surface area contributed by atoms with Crippen molar-refractivity contribution in [1.82, 2.24) is 30.2 Å². The normalized spacial score (nSPS) is 33.5. The van der Waals surface area contributed by atoms with Crippen molar-refractivity contribution < 1.29 is 50.6 Å². The number of nitrogens with one attached hydrogen (secondary N) is 3. The summed E-state index contributed by atoms with van der Waals surface area (Å²) < 4.78 is 73.1. The highest BCUT2D eigenvalue weighted by Gasteiger charge is 2.65. The van der Waals surface area contributed by atoms with E-state index in [4.69, 9.17) is 24.2 Å². The van der Waals surface area contributed by atoms with Crippen LogP contribution in [0.4, 0.5) is 13.6 Å². The molecule has 6 aliphatic rings. The molecule has 1 aromatic carbocycles. The molecule has 18 heteroatoms. The molecule has 0 radical (unpaired) electrons. The van der Waals surface area contributed by atoms with Crippen LogP contribution in [0, 0.1) is 35.0 Å². The van der Waals surface area contributed by atoms with Crippen molar-refractivity contribution in [2.45, 2.75) is 146 Å². The monoisotopic (exact) mass is 872 g/mol. The quantitative estimate of drug-likeness (QED) is 0.322. The Labute approximate surface area is 355 Å². The Bertz CT molecular complexity index is 2200. The Morgan fingerprint density at radius 2 is 1.80 bits per heavy atom. The van der Waals surface area contributed by atoms with Gasteiger partial charge in [-0.25, -0.2) is 32.0 Å². The standard InChI is InChI=1S/C43H58F2N6O9S/c1-22-32-21-51(34(22)36(52)49-43(20-24(43)18-33(44)45)39(54)50-61(56,57)42(5)14-15-42)38(53)35(41(2,3)4)48-40(55)60-31-17-23-16-27(23)26(31)10-8-7-9-11-29-37(59-32)47-30-19-25(58-6)12-13-28(30)46-29/h12-13,19,22-24,26-27,31-35H,7-11,14-18,20-21H2,1-6H3,(H,48,55)(H,49,52)(H,50,54)/t22-,23?,24-,26-,27+,31-,32+,34+,35-,43-/m1/s1. The predicted molar refractivity (Wildman–Crippen MR) is 218 cm³/mol. The van der Waals surface area contributed by atoms with Crippen molar-refractivity contribution in [3.05, 3.63) is 23.9 Å². The fourth-order valence-corrected chi connectivity index (χ4v) is 11.3. The third-order valence-corrected chi connectivity index (χ3v) is 16.5. The predicted octanol–water partition coefficient (Wildman–Crippen LogP) is 5.04. The van der Waals surface area contributed by atoms with Crippen molar-refractivity contribution >= 4 is 44.9 Å². The second kappa shape index (κ2) is 15.8. The highest BCUT2D eigenvalue weighted by atomic mass is 32.2. The first-order valence-corrected chi connectivity index (χ1v) is 23.2. The molecule has 2 bridgehead atoms. The number of aromatic nitrogens is 2. The number of amides is 4. The Kier molecular flexibility index (Phi) is 11.2. The van der Waals surface area contributed by atoms with Crippen molar-refractivity contribution in [3.8, 4) is 11.6 Å². The van der Waals surface area contributed by atoms with E-state index >= 15 is 0 Å². The summed E-state index contributed by atoms with van der Waals surface area (Å²) in [5.41, 5.74) is -1.10. The molecule has 15 nitrogen and oxygen atoms in total. The fourth-order valence-electron chi connectivity index (χ4n) is 9.99. The molecular weight excluding hydrogens is 815 g/mol. The van der Waals surface area contributed by atoms with E-state index < -0.39 is 92.4 Å². The maximum absolute atomic E-state index is 15.0. The van der Waals surface area contributed by atoms with E-state index in [2.05, 4.69) is 15.4 Å². The molecule has 5 fully saturated rings. The number of ether oxygens (including phenoxy) is 3. The lowest BCUT2D eigenvalue weighted by atomic mass is 9.85. The van der Waals surface area contributed by atoms with Gasteiger partial charge in [-0.05, 0) is 99.5 Å². The minimum absolute atomic E-state index is 0.154. The summed E-state index contributed by atoms with van der Waals surface area (Å²) in [6, 6.07) is 2.82. The number of carbonyl (C=O) groups excluding carboxylic acids is 4. The molecule has 4 saturated carbocycles. The van der Waals surface area contributed by atoms with Gasteiger partial charge in [0, 0.05) is 18.4 Å². The minimum atomic E-state index is -4.19. The van der Waals surface area contributed by atoms with Crippen molar-refractivity contribution in [2.75, 3.05) is 13.7 Å². The molecule has 4 amide bonds. The molecule has 4 aliphatic carbocycles. The topological polar surface area (TPSA) is 195 Å². The lowest BCUT2D eigenvalue weighted by Crippen LogP contribution is -2.61. The Morgan fingerprint density at radius 3 is 2.49 bits per heavy atom. The minimum Gasteiger partial charge on any atom is -0.497 e. The van der Waals surface area contributed by atoms with Crippen LogP contribution in [0.15, 0.2) is 18.2 Å². The van der Waals surface area contributed by atoms with Crippen LogP contribution in [0.5, 0.6) is 11.6 Å². The first kappa shape index (κ1) is 43.3. The zero-order valence-corrected chi connectivity index (χ0v) is 36.5. The van der Waals surface area contributed by atoms with Gasteiger partial charge in [0.2, 0.25) is 34.1 Å². The molecule has 334 valence electrons. The number of nitrogens with zero attached hydrogens (tertiary/aromatic N) is 3. The summed E-state index contributed by atoms with van der Waals surface area (Å²) >= 11 is 0. The number of aryl methyl sites for hydroxylation is 1. The van der Waals surface area contributed by atoms with Gasteiger partial charge in [0.05, 0.1) is 29.4 Å². The van der Waals surface area contributed by atoms with E-state index in [0.29, 0.717) is 53.6 Å². The van der Waals surface area contributed by atoms with E-state index in [1.807, 2.05) is 6.07 Å². The summed E-state index contributed by atoms with van der Waals surface area (Å²) in [6.07, 6.45) is 0.878. The van der Waals surface area contributed by atoms with Gasteiger partial charge in [-0.1, -0.05) is 40.5 Å². The van der Waals surface area contributed by atoms with Gasteiger partial charge < -0.3 is 29.7 Å².